The molecule has 0 spiro atoms. The predicted octanol–water partition coefficient (Wildman–Crippen LogP) is 3.97. The summed E-state index contributed by atoms with van der Waals surface area (Å²) in [5, 5.41) is 12.3. The molecule has 1 aromatic carbocycles. The molecule has 0 bridgehead atoms. The highest BCUT2D eigenvalue weighted by Crippen LogP contribution is 2.31. The van der Waals surface area contributed by atoms with E-state index in [1.54, 1.807) is 19.4 Å². The number of aromatic nitrogens is 3. The van der Waals surface area contributed by atoms with Crippen LogP contribution in [0.15, 0.2) is 28.9 Å². The lowest BCUT2D eigenvalue weighted by Gasteiger charge is -2.12. The molecule has 0 fully saturated rings. The van der Waals surface area contributed by atoms with E-state index in [1.807, 2.05) is 37.7 Å². The second-order valence-corrected chi connectivity index (χ2v) is 6.01. The summed E-state index contributed by atoms with van der Waals surface area (Å²) in [6, 6.07) is 5.65. The summed E-state index contributed by atoms with van der Waals surface area (Å²) >= 11 is 6.13. The van der Waals surface area contributed by atoms with Gasteiger partial charge in [-0.25, -0.2) is 0 Å². The summed E-state index contributed by atoms with van der Waals surface area (Å²) < 4.78 is 12.6. The van der Waals surface area contributed by atoms with Crippen molar-refractivity contribution in [1.29, 1.82) is 0 Å². The van der Waals surface area contributed by atoms with Crippen LogP contribution in [0.2, 0.25) is 5.02 Å². The van der Waals surface area contributed by atoms with Gasteiger partial charge in [0.25, 0.3) is 0 Å². The van der Waals surface area contributed by atoms with Gasteiger partial charge in [-0.15, -0.1) is 0 Å². The Balaban J connectivity index is 1.77. The second kappa shape index (κ2) is 6.57. The first-order valence-corrected chi connectivity index (χ1v) is 7.90. The van der Waals surface area contributed by atoms with Crippen LogP contribution in [0.3, 0.4) is 0 Å². The van der Waals surface area contributed by atoms with Crippen LogP contribution < -0.4 is 10.1 Å². The Morgan fingerprint density at radius 1 is 1.29 bits per heavy atom. The number of ether oxygens (including phenoxy) is 1. The monoisotopic (exact) mass is 346 g/mol. The van der Waals surface area contributed by atoms with E-state index < -0.39 is 0 Å². The van der Waals surface area contributed by atoms with Gasteiger partial charge in [0.05, 0.1) is 25.5 Å². The molecular weight excluding hydrogens is 328 g/mol. The molecule has 3 aromatic rings. The van der Waals surface area contributed by atoms with E-state index in [2.05, 4.69) is 15.6 Å². The quantitative estimate of drug-likeness (QED) is 0.757. The Morgan fingerprint density at radius 2 is 2.08 bits per heavy atom. The number of anilines is 1. The maximum Gasteiger partial charge on any atom is 0.156 e. The third-order valence-electron chi connectivity index (χ3n) is 4.00. The van der Waals surface area contributed by atoms with E-state index in [1.165, 1.54) is 0 Å². The minimum atomic E-state index is 0.490. The number of nitrogens with one attached hydrogen (secondary N) is 1. The molecule has 0 amide bonds. The Morgan fingerprint density at radius 3 is 2.75 bits per heavy atom. The lowest BCUT2D eigenvalue weighted by Crippen LogP contribution is -2.01. The predicted molar refractivity (Wildman–Crippen MR) is 93.5 cm³/mol. The minimum absolute atomic E-state index is 0.490. The Bertz CT molecular complexity index is 870. The van der Waals surface area contributed by atoms with Gasteiger partial charge in [-0.1, -0.05) is 16.8 Å². The highest BCUT2D eigenvalue weighted by atomic mass is 35.5. The van der Waals surface area contributed by atoms with Crippen LogP contribution in [0, 0.1) is 13.8 Å². The Labute approximate surface area is 145 Å². The zero-order valence-corrected chi connectivity index (χ0v) is 14.8. The van der Waals surface area contributed by atoms with Crippen molar-refractivity contribution in [2.45, 2.75) is 20.4 Å². The minimum Gasteiger partial charge on any atom is -0.495 e. The number of rotatable bonds is 5. The molecule has 0 aliphatic heterocycles. The molecule has 1 N–H and O–H groups in total. The average molecular weight is 347 g/mol. The molecule has 0 saturated carbocycles. The van der Waals surface area contributed by atoms with Crippen molar-refractivity contribution in [3.63, 3.8) is 0 Å². The molecule has 6 nitrogen and oxygen atoms in total. The maximum atomic E-state index is 6.13. The SMILES string of the molecule is COc1cc(Cl)c(C)cc1NCc1cc(-c2cnn(C)c2C)no1. The molecule has 0 unspecified atom stereocenters. The molecular formula is C17H19ClN4O2. The summed E-state index contributed by atoms with van der Waals surface area (Å²) in [4.78, 5) is 0. The van der Waals surface area contributed by atoms with Gasteiger partial charge in [0.15, 0.2) is 5.76 Å². The molecule has 3 rings (SSSR count). The standard InChI is InChI=1S/C17H19ClN4O2/c1-10-5-16(17(23-4)7-14(10)18)19-8-12-6-15(21-24-12)13-9-20-22(3)11(13)2/h5-7,9,19H,8H2,1-4H3. The smallest absolute Gasteiger partial charge is 0.156 e. The summed E-state index contributed by atoms with van der Waals surface area (Å²) in [7, 11) is 3.51. The van der Waals surface area contributed by atoms with Crippen LogP contribution >= 0.6 is 11.6 Å². The molecule has 0 atom stereocenters. The number of halogens is 1. The van der Waals surface area contributed by atoms with E-state index in [9.17, 15) is 0 Å². The number of aryl methyl sites for hydroxylation is 2. The Hall–Kier alpha value is -2.47. The molecule has 0 aliphatic rings. The zero-order valence-electron chi connectivity index (χ0n) is 14.1. The third kappa shape index (κ3) is 3.10. The van der Waals surface area contributed by atoms with Crippen LogP contribution in [0.1, 0.15) is 17.0 Å². The summed E-state index contributed by atoms with van der Waals surface area (Å²) in [5.74, 6) is 1.41. The van der Waals surface area contributed by atoms with Crippen molar-refractivity contribution in [3.8, 4) is 17.0 Å². The summed E-state index contributed by atoms with van der Waals surface area (Å²) in [6.07, 6.45) is 1.79. The highest BCUT2D eigenvalue weighted by Gasteiger charge is 2.13. The first kappa shape index (κ1) is 16.4. The molecule has 0 saturated heterocycles. The third-order valence-corrected chi connectivity index (χ3v) is 4.41. The lowest BCUT2D eigenvalue weighted by atomic mass is 10.2. The first-order chi connectivity index (χ1) is 11.5. The van der Waals surface area contributed by atoms with Crippen molar-refractivity contribution in [2.24, 2.45) is 7.05 Å². The second-order valence-electron chi connectivity index (χ2n) is 5.60. The van der Waals surface area contributed by atoms with Gasteiger partial charge in [-0.2, -0.15) is 5.10 Å². The number of methoxy groups -OCH3 is 1. The first-order valence-electron chi connectivity index (χ1n) is 7.52. The number of nitrogens with zero attached hydrogens (tertiary/aromatic N) is 3. The van der Waals surface area contributed by atoms with Gasteiger partial charge >= 0.3 is 0 Å². The van der Waals surface area contributed by atoms with Gasteiger partial charge in [-0.05, 0) is 25.5 Å². The molecule has 2 heterocycles. The maximum absolute atomic E-state index is 6.13. The van der Waals surface area contributed by atoms with Crippen LogP contribution in [0.4, 0.5) is 5.69 Å². The number of hydrogen-bond acceptors (Lipinski definition) is 5. The van der Waals surface area contributed by atoms with E-state index in [0.717, 1.165) is 34.0 Å². The Kier molecular flexibility index (Phi) is 4.49. The van der Waals surface area contributed by atoms with Crippen molar-refractivity contribution in [1.82, 2.24) is 14.9 Å². The lowest BCUT2D eigenvalue weighted by molar-refractivity contribution is 0.389. The van der Waals surface area contributed by atoms with Crippen molar-refractivity contribution in [3.05, 3.63) is 46.4 Å². The van der Waals surface area contributed by atoms with E-state index in [4.69, 9.17) is 20.9 Å². The fourth-order valence-electron chi connectivity index (χ4n) is 2.43. The zero-order chi connectivity index (χ0) is 17.3. The average Bonchev–Trinajstić information content (AvgIpc) is 3.16. The van der Waals surface area contributed by atoms with E-state index in [-0.39, 0.29) is 0 Å². The van der Waals surface area contributed by atoms with Crippen LogP contribution in [0.5, 0.6) is 5.75 Å². The van der Waals surface area contributed by atoms with E-state index >= 15 is 0 Å². The molecule has 2 aromatic heterocycles. The summed E-state index contributed by atoms with van der Waals surface area (Å²) in [5.41, 5.74) is 4.61. The van der Waals surface area contributed by atoms with Crippen LogP contribution in [-0.2, 0) is 13.6 Å². The normalized spacial score (nSPS) is 10.9. The topological polar surface area (TPSA) is 65.1 Å². The largest absolute Gasteiger partial charge is 0.495 e. The summed E-state index contributed by atoms with van der Waals surface area (Å²) in [6.45, 7) is 4.44. The fourth-order valence-corrected chi connectivity index (χ4v) is 2.58. The van der Waals surface area contributed by atoms with Crippen molar-refractivity contribution >= 4 is 17.3 Å². The number of hydrogen-bond donors (Lipinski definition) is 1. The fraction of sp³-hybridized carbons (Fsp3) is 0.294. The van der Waals surface area contributed by atoms with Gasteiger partial charge in [0.1, 0.15) is 11.4 Å². The molecule has 0 radical (unpaired) electrons. The molecule has 24 heavy (non-hydrogen) atoms. The van der Waals surface area contributed by atoms with Crippen LogP contribution in [0.25, 0.3) is 11.3 Å². The molecule has 126 valence electrons. The highest BCUT2D eigenvalue weighted by molar-refractivity contribution is 6.31. The molecule has 7 heteroatoms. The van der Waals surface area contributed by atoms with Crippen molar-refractivity contribution < 1.29 is 9.26 Å². The van der Waals surface area contributed by atoms with Gasteiger partial charge in [0, 0.05) is 35.5 Å². The van der Waals surface area contributed by atoms with Gasteiger partial charge < -0.3 is 14.6 Å². The van der Waals surface area contributed by atoms with E-state index in [0.29, 0.717) is 17.3 Å². The number of benzene rings is 1. The van der Waals surface area contributed by atoms with Crippen molar-refractivity contribution in [2.75, 3.05) is 12.4 Å². The van der Waals surface area contributed by atoms with Gasteiger partial charge in [0.2, 0.25) is 0 Å². The molecule has 0 aliphatic carbocycles. The van der Waals surface area contributed by atoms with Crippen LogP contribution in [-0.4, -0.2) is 22.0 Å². The van der Waals surface area contributed by atoms with Gasteiger partial charge in [-0.3, -0.25) is 4.68 Å².